The van der Waals surface area contributed by atoms with E-state index in [1.165, 1.54) is 17.6 Å². The van der Waals surface area contributed by atoms with Crippen LogP contribution in [0.2, 0.25) is 0 Å². The number of anilines is 1. The van der Waals surface area contributed by atoms with Crippen molar-refractivity contribution in [3.05, 3.63) is 54.4 Å². The first-order chi connectivity index (χ1) is 13.1. The molecule has 0 spiro atoms. The molecule has 0 radical (unpaired) electrons. The molecule has 1 saturated heterocycles. The summed E-state index contributed by atoms with van der Waals surface area (Å²) in [7, 11) is 0. The number of aromatic nitrogens is 2. The molecule has 0 bridgehead atoms. The van der Waals surface area contributed by atoms with Crippen LogP contribution in [0.1, 0.15) is 25.8 Å². The molecule has 2 heterocycles. The van der Waals surface area contributed by atoms with Gasteiger partial charge in [0, 0.05) is 32.4 Å². The first-order valence-corrected chi connectivity index (χ1v) is 9.60. The van der Waals surface area contributed by atoms with Gasteiger partial charge in [-0.2, -0.15) is 5.06 Å². The Hall–Kier alpha value is -2.31. The van der Waals surface area contributed by atoms with E-state index in [2.05, 4.69) is 52.1 Å². The topological polar surface area (TPSA) is 58.6 Å². The van der Waals surface area contributed by atoms with Gasteiger partial charge in [0.05, 0.1) is 6.61 Å². The average Bonchev–Trinajstić information content (AvgIpc) is 2.69. The molecule has 1 aliphatic rings. The van der Waals surface area contributed by atoms with Crippen molar-refractivity contribution >= 4 is 11.9 Å². The van der Waals surface area contributed by atoms with E-state index in [0.29, 0.717) is 18.4 Å². The quantitative estimate of drug-likeness (QED) is 0.703. The summed E-state index contributed by atoms with van der Waals surface area (Å²) in [5.41, 5.74) is 1.38. The smallest absolute Gasteiger partial charge is 0.257 e. The van der Waals surface area contributed by atoms with Gasteiger partial charge in [-0.15, -0.1) is 0 Å². The summed E-state index contributed by atoms with van der Waals surface area (Å²) in [6, 6.07) is 12.3. The minimum absolute atomic E-state index is 0.214. The number of carbonyl (C=O) groups excluding carboxylic acids is 1. The highest BCUT2D eigenvalue weighted by molar-refractivity contribution is 5.87. The zero-order valence-corrected chi connectivity index (χ0v) is 16.1. The fraction of sp³-hybridized carbons (Fsp3) is 0.476. The third-order valence-electron chi connectivity index (χ3n) is 5.16. The molecule has 27 heavy (non-hydrogen) atoms. The van der Waals surface area contributed by atoms with E-state index in [-0.39, 0.29) is 11.9 Å². The van der Waals surface area contributed by atoms with Gasteiger partial charge in [-0.25, -0.2) is 9.97 Å². The van der Waals surface area contributed by atoms with Gasteiger partial charge in [0.2, 0.25) is 0 Å². The summed E-state index contributed by atoms with van der Waals surface area (Å²) in [5, 5.41) is 1.20. The Balaban J connectivity index is 1.47. The summed E-state index contributed by atoms with van der Waals surface area (Å²) in [6.07, 6.45) is 5.36. The summed E-state index contributed by atoms with van der Waals surface area (Å²) >= 11 is 0. The standard InChI is InChI=1S/C21H28N4O2/c1-17-15-24(13-9-19-7-4-3-5-8-19)14-10-20(17)16-27-25(18(2)26)21-22-11-6-12-23-21/h3-8,11-12,17,20H,9-10,13-16H2,1-2H3/t17-,20-/m1/s1. The summed E-state index contributed by atoms with van der Waals surface area (Å²) in [6.45, 7) is 7.44. The van der Waals surface area contributed by atoms with Gasteiger partial charge in [-0.3, -0.25) is 9.63 Å². The van der Waals surface area contributed by atoms with Crippen LogP contribution < -0.4 is 5.06 Å². The number of hydrogen-bond acceptors (Lipinski definition) is 5. The maximum absolute atomic E-state index is 11.9. The van der Waals surface area contributed by atoms with E-state index >= 15 is 0 Å². The minimum atomic E-state index is -0.214. The number of benzene rings is 1. The lowest BCUT2D eigenvalue weighted by Crippen LogP contribution is -2.43. The molecule has 0 saturated carbocycles. The molecule has 144 valence electrons. The Morgan fingerprint density at radius 2 is 1.96 bits per heavy atom. The Morgan fingerprint density at radius 1 is 1.22 bits per heavy atom. The van der Waals surface area contributed by atoms with Crippen molar-refractivity contribution in [3.8, 4) is 0 Å². The monoisotopic (exact) mass is 368 g/mol. The average molecular weight is 368 g/mol. The number of likely N-dealkylation sites (tertiary alicyclic amines) is 1. The maximum Gasteiger partial charge on any atom is 0.257 e. The van der Waals surface area contributed by atoms with Crippen molar-refractivity contribution in [2.24, 2.45) is 11.8 Å². The third-order valence-corrected chi connectivity index (χ3v) is 5.16. The highest BCUT2D eigenvalue weighted by Crippen LogP contribution is 2.24. The zero-order valence-electron chi connectivity index (χ0n) is 16.1. The molecule has 1 aromatic heterocycles. The second kappa shape index (κ2) is 9.58. The fourth-order valence-electron chi connectivity index (χ4n) is 3.52. The van der Waals surface area contributed by atoms with Gasteiger partial charge in [-0.1, -0.05) is 37.3 Å². The van der Waals surface area contributed by atoms with E-state index in [1.807, 2.05) is 0 Å². The van der Waals surface area contributed by atoms with Crippen molar-refractivity contribution in [1.82, 2.24) is 14.9 Å². The highest BCUT2D eigenvalue weighted by Gasteiger charge is 2.27. The number of amides is 1. The van der Waals surface area contributed by atoms with Crippen LogP contribution in [0.5, 0.6) is 0 Å². The molecule has 2 aromatic rings. The summed E-state index contributed by atoms with van der Waals surface area (Å²) in [4.78, 5) is 28.4. The first kappa shape index (κ1) is 19.5. The van der Waals surface area contributed by atoms with Gasteiger partial charge < -0.3 is 4.90 Å². The first-order valence-electron chi connectivity index (χ1n) is 9.60. The van der Waals surface area contributed by atoms with Crippen molar-refractivity contribution in [3.63, 3.8) is 0 Å². The lowest BCUT2D eigenvalue weighted by Gasteiger charge is -2.37. The Morgan fingerprint density at radius 3 is 2.63 bits per heavy atom. The van der Waals surface area contributed by atoms with Crippen LogP contribution in [0.25, 0.3) is 0 Å². The van der Waals surface area contributed by atoms with Crippen LogP contribution in [-0.4, -0.2) is 47.0 Å². The molecule has 1 aliphatic heterocycles. The van der Waals surface area contributed by atoms with E-state index in [4.69, 9.17) is 4.84 Å². The molecular weight excluding hydrogens is 340 g/mol. The molecule has 1 fully saturated rings. The molecule has 1 aromatic carbocycles. The van der Waals surface area contributed by atoms with Crippen molar-refractivity contribution in [2.75, 3.05) is 31.3 Å². The number of rotatable bonds is 7. The largest absolute Gasteiger partial charge is 0.303 e. The maximum atomic E-state index is 11.9. The zero-order chi connectivity index (χ0) is 19.1. The molecule has 0 N–H and O–H groups in total. The van der Waals surface area contributed by atoms with Crippen molar-refractivity contribution in [2.45, 2.75) is 26.7 Å². The second-order valence-electron chi connectivity index (χ2n) is 7.22. The minimum Gasteiger partial charge on any atom is -0.303 e. The van der Waals surface area contributed by atoms with Crippen LogP contribution in [0.3, 0.4) is 0 Å². The van der Waals surface area contributed by atoms with E-state index in [9.17, 15) is 4.79 Å². The summed E-state index contributed by atoms with van der Waals surface area (Å²) in [5.74, 6) is 1.01. The number of hydrogen-bond donors (Lipinski definition) is 0. The van der Waals surface area contributed by atoms with Crippen LogP contribution >= 0.6 is 0 Å². The number of piperidine rings is 1. The highest BCUT2D eigenvalue weighted by atomic mass is 16.7. The molecule has 6 nitrogen and oxygen atoms in total. The van der Waals surface area contributed by atoms with Gasteiger partial charge in [0.15, 0.2) is 0 Å². The molecule has 0 unspecified atom stereocenters. The molecule has 6 heteroatoms. The fourth-order valence-corrected chi connectivity index (χ4v) is 3.52. The van der Waals surface area contributed by atoms with Crippen LogP contribution in [-0.2, 0) is 16.1 Å². The SMILES string of the molecule is CC(=O)N(OC[C@H]1CCN(CCc2ccccc2)C[C@H]1C)c1ncccn1. The van der Waals surface area contributed by atoms with Crippen LogP contribution in [0.15, 0.2) is 48.8 Å². The van der Waals surface area contributed by atoms with Crippen LogP contribution in [0, 0.1) is 11.8 Å². The third kappa shape index (κ3) is 5.58. The second-order valence-corrected chi connectivity index (χ2v) is 7.22. The van der Waals surface area contributed by atoms with Crippen molar-refractivity contribution in [1.29, 1.82) is 0 Å². The Labute approximate surface area is 161 Å². The molecular formula is C21H28N4O2. The van der Waals surface area contributed by atoms with Gasteiger partial charge in [-0.05, 0) is 42.9 Å². The number of hydroxylamine groups is 1. The van der Waals surface area contributed by atoms with Crippen LogP contribution in [0.4, 0.5) is 5.95 Å². The lowest BCUT2D eigenvalue weighted by molar-refractivity contribution is -0.125. The molecule has 3 rings (SSSR count). The summed E-state index contributed by atoms with van der Waals surface area (Å²) < 4.78 is 0. The Kier molecular flexibility index (Phi) is 6.90. The van der Waals surface area contributed by atoms with E-state index < -0.39 is 0 Å². The molecule has 0 aliphatic carbocycles. The predicted octanol–water partition coefficient (Wildman–Crippen LogP) is 2.96. The predicted molar refractivity (Wildman–Crippen MR) is 105 cm³/mol. The van der Waals surface area contributed by atoms with E-state index in [0.717, 1.165) is 32.5 Å². The van der Waals surface area contributed by atoms with Crippen molar-refractivity contribution < 1.29 is 9.63 Å². The Bertz CT molecular complexity index is 711. The lowest BCUT2D eigenvalue weighted by atomic mass is 9.87. The van der Waals surface area contributed by atoms with Gasteiger partial charge >= 0.3 is 0 Å². The van der Waals surface area contributed by atoms with Gasteiger partial charge in [0.1, 0.15) is 0 Å². The van der Waals surface area contributed by atoms with E-state index in [1.54, 1.807) is 18.5 Å². The molecule has 1 amide bonds. The molecule has 2 atom stereocenters. The number of carbonyl (C=O) groups is 1. The normalized spacial score (nSPS) is 20.4. The van der Waals surface area contributed by atoms with Gasteiger partial charge in [0.25, 0.3) is 11.9 Å². The number of nitrogens with zero attached hydrogens (tertiary/aromatic N) is 4.